The molecule has 0 saturated heterocycles. The first kappa shape index (κ1) is 12.8. The van der Waals surface area contributed by atoms with Crippen LogP contribution in [0.3, 0.4) is 0 Å². The minimum absolute atomic E-state index is 0.411. The number of aromatic nitrogens is 2. The highest BCUT2D eigenvalue weighted by Crippen LogP contribution is 2.23. The molecular formula is C13H14BrN3O. The molecule has 1 aromatic carbocycles. The fourth-order valence-electron chi connectivity index (χ4n) is 1.44. The Morgan fingerprint density at radius 3 is 2.78 bits per heavy atom. The van der Waals surface area contributed by atoms with Gasteiger partial charge >= 0.3 is 0 Å². The Morgan fingerprint density at radius 1 is 1.28 bits per heavy atom. The number of benzene rings is 1. The van der Waals surface area contributed by atoms with Crippen molar-refractivity contribution in [2.45, 2.75) is 13.5 Å². The largest absolute Gasteiger partial charge is 0.487 e. The standard InChI is InChI=1S/C13H14BrN3O/c1-9-3-4-10(14)5-12(9)18-8-11-6-17-13(15-2)7-16-11/h3-7H,8H2,1-2H3,(H,15,17). The average Bonchev–Trinajstić information content (AvgIpc) is 2.40. The van der Waals surface area contributed by atoms with E-state index in [1.54, 1.807) is 12.4 Å². The lowest BCUT2D eigenvalue weighted by molar-refractivity contribution is 0.298. The minimum atomic E-state index is 0.411. The maximum absolute atomic E-state index is 5.72. The SMILES string of the molecule is CNc1cnc(COc2cc(Br)ccc2C)cn1. The minimum Gasteiger partial charge on any atom is -0.487 e. The number of nitrogens with one attached hydrogen (secondary N) is 1. The number of ether oxygens (including phenoxy) is 1. The van der Waals surface area contributed by atoms with Gasteiger partial charge in [0.25, 0.3) is 0 Å². The van der Waals surface area contributed by atoms with Crippen molar-refractivity contribution < 1.29 is 4.74 Å². The molecular weight excluding hydrogens is 294 g/mol. The van der Waals surface area contributed by atoms with Crippen LogP contribution in [0, 0.1) is 6.92 Å². The summed E-state index contributed by atoms with van der Waals surface area (Å²) in [4.78, 5) is 8.44. The van der Waals surface area contributed by atoms with Gasteiger partial charge in [-0.25, -0.2) is 4.98 Å². The van der Waals surface area contributed by atoms with Crippen LogP contribution >= 0.6 is 15.9 Å². The average molecular weight is 308 g/mol. The van der Waals surface area contributed by atoms with E-state index in [0.717, 1.165) is 27.3 Å². The van der Waals surface area contributed by atoms with Gasteiger partial charge < -0.3 is 10.1 Å². The zero-order valence-corrected chi connectivity index (χ0v) is 11.9. The summed E-state index contributed by atoms with van der Waals surface area (Å²) in [6, 6.07) is 5.95. The van der Waals surface area contributed by atoms with E-state index in [4.69, 9.17) is 4.74 Å². The summed E-state index contributed by atoms with van der Waals surface area (Å²) >= 11 is 3.43. The number of nitrogens with zero attached hydrogens (tertiary/aromatic N) is 2. The predicted octanol–water partition coefficient (Wildman–Crippen LogP) is 3.17. The Kier molecular flexibility index (Phi) is 4.15. The molecule has 0 radical (unpaired) electrons. The molecule has 18 heavy (non-hydrogen) atoms. The van der Waals surface area contributed by atoms with Gasteiger partial charge in [0, 0.05) is 11.5 Å². The summed E-state index contributed by atoms with van der Waals surface area (Å²) in [7, 11) is 1.81. The van der Waals surface area contributed by atoms with Crippen LogP contribution in [0.5, 0.6) is 5.75 Å². The van der Waals surface area contributed by atoms with E-state index in [9.17, 15) is 0 Å². The number of hydrogen-bond donors (Lipinski definition) is 1. The zero-order chi connectivity index (χ0) is 13.0. The Labute approximate surface area is 115 Å². The molecule has 0 atom stereocenters. The first-order valence-electron chi connectivity index (χ1n) is 5.56. The van der Waals surface area contributed by atoms with E-state index in [0.29, 0.717) is 6.61 Å². The van der Waals surface area contributed by atoms with Gasteiger partial charge in [-0.1, -0.05) is 22.0 Å². The van der Waals surface area contributed by atoms with Gasteiger partial charge in [-0.2, -0.15) is 0 Å². The monoisotopic (exact) mass is 307 g/mol. The first-order chi connectivity index (χ1) is 8.69. The maximum Gasteiger partial charge on any atom is 0.144 e. The molecule has 94 valence electrons. The van der Waals surface area contributed by atoms with E-state index in [1.807, 2.05) is 32.2 Å². The molecule has 0 saturated carbocycles. The first-order valence-corrected chi connectivity index (χ1v) is 6.36. The van der Waals surface area contributed by atoms with Gasteiger partial charge in [0.1, 0.15) is 18.2 Å². The molecule has 0 aliphatic carbocycles. The molecule has 0 fully saturated rings. The molecule has 0 spiro atoms. The Bertz CT molecular complexity index is 528. The summed E-state index contributed by atoms with van der Waals surface area (Å²) in [5, 5.41) is 2.92. The second-order valence-corrected chi connectivity index (χ2v) is 4.76. The number of halogens is 1. The fraction of sp³-hybridized carbons (Fsp3) is 0.231. The number of hydrogen-bond acceptors (Lipinski definition) is 4. The topological polar surface area (TPSA) is 47.0 Å². The molecule has 2 rings (SSSR count). The van der Waals surface area contributed by atoms with Crippen molar-refractivity contribution in [2.24, 2.45) is 0 Å². The Morgan fingerprint density at radius 2 is 2.11 bits per heavy atom. The van der Waals surface area contributed by atoms with Crippen molar-refractivity contribution in [2.75, 3.05) is 12.4 Å². The normalized spacial score (nSPS) is 10.2. The molecule has 1 heterocycles. The molecule has 5 heteroatoms. The lowest BCUT2D eigenvalue weighted by Gasteiger charge is -2.09. The molecule has 0 aliphatic heterocycles. The van der Waals surface area contributed by atoms with Crippen LogP contribution in [0.25, 0.3) is 0 Å². The van der Waals surface area contributed by atoms with Gasteiger partial charge in [-0.3, -0.25) is 4.98 Å². The molecule has 0 aliphatic rings. The van der Waals surface area contributed by atoms with Crippen molar-refractivity contribution in [1.82, 2.24) is 9.97 Å². The van der Waals surface area contributed by atoms with E-state index in [-0.39, 0.29) is 0 Å². The van der Waals surface area contributed by atoms with Gasteiger partial charge in [-0.05, 0) is 24.6 Å². The van der Waals surface area contributed by atoms with Gasteiger partial charge in [-0.15, -0.1) is 0 Å². The van der Waals surface area contributed by atoms with Crippen LogP contribution in [-0.4, -0.2) is 17.0 Å². The third-order valence-electron chi connectivity index (χ3n) is 2.49. The van der Waals surface area contributed by atoms with Gasteiger partial charge in [0.2, 0.25) is 0 Å². The van der Waals surface area contributed by atoms with Gasteiger partial charge in [0.05, 0.1) is 18.1 Å². The highest BCUT2D eigenvalue weighted by molar-refractivity contribution is 9.10. The van der Waals surface area contributed by atoms with E-state index < -0.39 is 0 Å². The summed E-state index contributed by atoms with van der Waals surface area (Å²) in [5.41, 5.74) is 1.89. The van der Waals surface area contributed by atoms with Crippen LogP contribution in [0.15, 0.2) is 35.1 Å². The lowest BCUT2D eigenvalue weighted by Crippen LogP contribution is -2.01. The summed E-state index contributed by atoms with van der Waals surface area (Å²) in [5.74, 6) is 1.60. The maximum atomic E-state index is 5.72. The number of aryl methyl sites for hydroxylation is 1. The van der Waals surface area contributed by atoms with Crippen molar-refractivity contribution in [3.63, 3.8) is 0 Å². The smallest absolute Gasteiger partial charge is 0.144 e. The summed E-state index contributed by atoms with van der Waals surface area (Å²) in [6.07, 6.45) is 3.39. The van der Waals surface area contributed by atoms with Crippen molar-refractivity contribution >= 4 is 21.7 Å². The second kappa shape index (κ2) is 5.82. The summed E-state index contributed by atoms with van der Waals surface area (Å²) in [6.45, 7) is 2.42. The molecule has 1 aromatic heterocycles. The van der Waals surface area contributed by atoms with E-state index in [1.165, 1.54) is 0 Å². The zero-order valence-electron chi connectivity index (χ0n) is 10.3. The van der Waals surface area contributed by atoms with Crippen LogP contribution in [0.2, 0.25) is 0 Å². The molecule has 0 bridgehead atoms. The van der Waals surface area contributed by atoms with Crippen LogP contribution < -0.4 is 10.1 Å². The van der Waals surface area contributed by atoms with Crippen LogP contribution in [-0.2, 0) is 6.61 Å². The fourth-order valence-corrected chi connectivity index (χ4v) is 1.78. The molecule has 1 N–H and O–H groups in total. The Balaban J connectivity index is 2.04. The second-order valence-electron chi connectivity index (χ2n) is 3.84. The molecule has 0 amide bonds. The molecule has 0 unspecified atom stereocenters. The Hall–Kier alpha value is -1.62. The van der Waals surface area contributed by atoms with Crippen LogP contribution in [0.4, 0.5) is 5.82 Å². The summed E-state index contributed by atoms with van der Waals surface area (Å²) < 4.78 is 6.72. The molecule has 2 aromatic rings. The van der Waals surface area contributed by atoms with E-state index in [2.05, 4.69) is 31.2 Å². The van der Waals surface area contributed by atoms with E-state index >= 15 is 0 Å². The van der Waals surface area contributed by atoms with Crippen molar-refractivity contribution in [3.05, 3.63) is 46.3 Å². The van der Waals surface area contributed by atoms with Crippen LogP contribution in [0.1, 0.15) is 11.3 Å². The highest BCUT2D eigenvalue weighted by Gasteiger charge is 2.02. The quantitative estimate of drug-likeness (QED) is 0.942. The predicted molar refractivity (Wildman–Crippen MR) is 74.8 cm³/mol. The third-order valence-corrected chi connectivity index (χ3v) is 2.98. The van der Waals surface area contributed by atoms with Gasteiger partial charge in [0.15, 0.2) is 0 Å². The van der Waals surface area contributed by atoms with Crippen molar-refractivity contribution in [1.29, 1.82) is 0 Å². The molecule has 4 nitrogen and oxygen atoms in total. The number of anilines is 1. The lowest BCUT2D eigenvalue weighted by atomic mass is 10.2. The highest BCUT2D eigenvalue weighted by atomic mass is 79.9. The third kappa shape index (κ3) is 3.20. The van der Waals surface area contributed by atoms with Crippen molar-refractivity contribution in [3.8, 4) is 5.75 Å². The number of rotatable bonds is 4.